The summed E-state index contributed by atoms with van der Waals surface area (Å²) in [4.78, 5) is 16.3. The normalized spacial score (nSPS) is 10.5. The molecule has 0 aliphatic heterocycles. The Hall–Kier alpha value is -1.72. The average molecular weight is 289 g/mol. The topological polar surface area (TPSA) is 68.0 Å². The van der Waals surface area contributed by atoms with Gasteiger partial charge >= 0.3 is 0 Å². The van der Waals surface area contributed by atoms with Crippen molar-refractivity contribution in [1.82, 2.24) is 10.3 Å². The number of hydrogen-bond donors (Lipinski definition) is 2. The van der Waals surface area contributed by atoms with Gasteiger partial charge in [0.15, 0.2) is 0 Å². The zero-order chi connectivity index (χ0) is 14.4. The summed E-state index contributed by atoms with van der Waals surface area (Å²) in [6, 6.07) is 7.38. The fraction of sp³-hybridized carbons (Fsp3) is 0.333. The van der Waals surface area contributed by atoms with Crippen molar-refractivity contribution in [1.29, 1.82) is 0 Å². The first-order valence-electron chi connectivity index (χ1n) is 6.67. The number of rotatable bonds is 6. The number of aryl methyl sites for hydroxylation is 2. The van der Waals surface area contributed by atoms with Crippen LogP contribution in [0.2, 0.25) is 0 Å². The van der Waals surface area contributed by atoms with E-state index >= 15 is 0 Å². The first-order valence-corrected chi connectivity index (χ1v) is 7.55. The highest BCUT2D eigenvalue weighted by Gasteiger charge is 2.05. The molecule has 0 radical (unpaired) electrons. The number of nitrogens with zero attached hydrogens (tertiary/aromatic N) is 1. The number of aromatic nitrogens is 1. The molecule has 0 fully saturated rings. The lowest BCUT2D eigenvalue weighted by atomic mass is 10.1. The molecule has 0 saturated carbocycles. The third kappa shape index (κ3) is 4.15. The predicted molar refractivity (Wildman–Crippen MR) is 81.8 cm³/mol. The van der Waals surface area contributed by atoms with Gasteiger partial charge < -0.3 is 11.1 Å². The molecule has 2 rings (SSSR count). The van der Waals surface area contributed by atoms with E-state index in [0.29, 0.717) is 18.7 Å². The molecule has 0 bridgehead atoms. The Bertz CT molecular complexity index is 563. The van der Waals surface area contributed by atoms with Crippen LogP contribution in [0.25, 0.3) is 0 Å². The zero-order valence-electron chi connectivity index (χ0n) is 11.6. The van der Waals surface area contributed by atoms with E-state index in [1.165, 1.54) is 0 Å². The van der Waals surface area contributed by atoms with Crippen molar-refractivity contribution in [3.63, 3.8) is 0 Å². The predicted octanol–water partition coefficient (Wildman–Crippen LogP) is 2.27. The van der Waals surface area contributed by atoms with Crippen LogP contribution in [-0.4, -0.2) is 17.4 Å². The van der Waals surface area contributed by atoms with E-state index in [1.807, 2.05) is 36.6 Å². The molecule has 0 saturated heterocycles. The number of carbonyl (C=O) groups is 1. The quantitative estimate of drug-likeness (QED) is 0.802. The summed E-state index contributed by atoms with van der Waals surface area (Å²) in [5.74, 6) is -0.0381. The fourth-order valence-electron chi connectivity index (χ4n) is 1.85. The summed E-state index contributed by atoms with van der Waals surface area (Å²) < 4.78 is 0. The summed E-state index contributed by atoms with van der Waals surface area (Å²) in [7, 11) is 0. The van der Waals surface area contributed by atoms with Crippen LogP contribution in [0.4, 0.5) is 0 Å². The van der Waals surface area contributed by atoms with Crippen LogP contribution < -0.4 is 11.1 Å². The van der Waals surface area contributed by atoms with Crippen LogP contribution in [0.1, 0.15) is 33.0 Å². The number of benzene rings is 1. The number of thiazole rings is 1. The summed E-state index contributed by atoms with van der Waals surface area (Å²) in [6.07, 6.45) is 1.81. The van der Waals surface area contributed by atoms with Crippen molar-refractivity contribution in [3.05, 3.63) is 51.5 Å². The average Bonchev–Trinajstić information content (AvgIpc) is 2.89. The van der Waals surface area contributed by atoms with Crippen molar-refractivity contribution >= 4 is 17.2 Å². The van der Waals surface area contributed by atoms with Gasteiger partial charge in [-0.3, -0.25) is 4.79 Å². The van der Waals surface area contributed by atoms with Crippen LogP contribution >= 0.6 is 11.3 Å². The minimum Gasteiger partial charge on any atom is -0.352 e. The molecule has 1 aromatic heterocycles. The smallest absolute Gasteiger partial charge is 0.251 e. The Morgan fingerprint density at radius 3 is 2.70 bits per heavy atom. The minimum atomic E-state index is -0.0381. The molecule has 1 aromatic carbocycles. The highest BCUT2D eigenvalue weighted by molar-refractivity contribution is 7.09. The Morgan fingerprint density at radius 1 is 1.35 bits per heavy atom. The van der Waals surface area contributed by atoms with Gasteiger partial charge in [-0.15, -0.1) is 11.3 Å². The summed E-state index contributed by atoms with van der Waals surface area (Å²) in [5.41, 5.74) is 8.29. The summed E-state index contributed by atoms with van der Waals surface area (Å²) in [5, 5.41) is 6.10. The summed E-state index contributed by atoms with van der Waals surface area (Å²) >= 11 is 1.67. The van der Waals surface area contributed by atoms with Gasteiger partial charge in [-0.05, 0) is 31.0 Å². The molecule has 0 unspecified atom stereocenters. The molecule has 5 heteroatoms. The lowest BCUT2D eigenvalue weighted by Gasteiger charge is -2.05. The number of nitrogens with two attached hydrogens (primary N) is 1. The van der Waals surface area contributed by atoms with E-state index in [2.05, 4.69) is 10.3 Å². The molecular weight excluding hydrogens is 270 g/mol. The zero-order valence-corrected chi connectivity index (χ0v) is 12.4. The van der Waals surface area contributed by atoms with Crippen LogP contribution in [0.15, 0.2) is 29.6 Å². The van der Waals surface area contributed by atoms with E-state index in [-0.39, 0.29) is 5.91 Å². The molecule has 1 heterocycles. The SMILES string of the molecule is Cc1csc(CCCNC(=O)c2ccc(CN)cc2)n1. The highest BCUT2D eigenvalue weighted by atomic mass is 32.1. The first kappa shape index (κ1) is 14.7. The monoisotopic (exact) mass is 289 g/mol. The minimum absolute atomic E-state index is 0.0381. The number of hydrogen-bond acceptors (Lipinski definition) is 4. The maximum atomic E-state index is 11.9. The van der Waals surface area contributed by atoms with Gasteiger partial charge in [-0.2, -0.15) is 0 Å². The molecule has 2 aromatic rings. The maximum Gasteiger partial charge on any atom is 0.251 e. The molecule has 1 amide bonds. The van der Waals surface area contributed by atoms with E-state index in [4.69, 9.17) is 5.73 Å². The van der Waals surface area contributed by atoms with Gasteiger partial charge in [0, 0.05) is 36.1 Å². The molecule has 3 N–H and O–H groups in total. The molecule has 0 spiro atoms. The maximum absolute atomic E-state index is 11.9. The largest absolute Gasteiger partial charge is 0.352 e. The van der Waals surface area contributed by atoms with Crippen LogP contribution in [0.3, 0.4) is 0 Å². The number of amides is 1. The molecule has 106 valence electrons. The molecule has 0 aliphatic carbocycles. The van der Waals surface area contributed by atoms with Crippen molar-refractivity contribution < 1.29 is 4.79 Å². The van der Waals surface area contributed by atoms with Crippen LogP contribution in [0.5, 0.6) is 0 Å². The Kier molecular flexibility index (Phi) is 5.26. The summed E-state index contributed by atoms with van der Waals surface area (Å²) in [6.45, 7) is 3.15. The van der Waals surface area contributed by atoms with Crippen LogP contribution in [-0.2, 0) is 13.0 Å². The van der Waals surface area contributed by atoms with Gasteiger partial charge in [0.1, 0.15) is 0 Å². The van der Waals surface area contributed by atoms with E-state index in [9.17, 15) is 4.79 Å². The lowest BCUT2D eigenvalue weighted by molar-refractivity contribution is 0.0953. The van der Waals surface area contributed by atoms with E-state index < -0.39 is 0 Å². The second-order valence-corrected chi connectivity index (χ2v) is 5.59. The van der Waals surface area contributed by atoms with Gasteiger partial charge in [-0.25, -0.2) is 4.98 Å². The molecule has 0 aliphatic rings. The second kappa shape index (κ2) is 7.17. The van der Waals surface area contributed by atoms with Gasteiger partial charge in [0.05, 0.1) is 5.01 Å². The molecule has 4 nitrogen and oxygen atoms in total. The van der Waals surface area contributed by atoms with Crippen molar-refractivity contribution in [3.8, 4) is 0 Å². The third-order valence-corrected chi connectivity index (χ3v) is 4.00. The Morgan fingerprint density at radius 2 is 2.10 bits per heavy atom. The van der Waals surface area contributed by atoms with Gasteiger partial charge in [0.2, 0.25) is 0 Å². The van der Waals surface area contributed by atoms with Gasteiger partial charge in [0.25, 0.3) is 5.91 Å². The lowest BCUT2D eigenvalue weighted by Crippen LogP contribution is -2.24. The second-order valence-electron chi connectivity index (χ2n) is 4.64. The van der Waals surface area contributed by atoms with Gasteiger partial charge in [-0.1, -0.05) is 12.1 Å². The Balaban J connectivity index is 1.74. The van der Waals surface area contributed by atoms with Crippen molar-refractivity contribution in [2.75, 3.05) is 6.54 Å². The Labute approximate surface area is 123 Å². The number of nitrogens with one attached hydrogen (secondary N) is 1. The first-order chi connectivity index (χ1) is 9.69. The van der Waals surface area contributed by atoms with E-state index in [1.54, 1.807) is 11.3 Å². The molecule has 0 atom stereocenters. The third-order valence-electron chi connectivity index (χ3n) is 2.97. The van der Waals surface area contributed by atoms with Crippen LogP contribution in [0, 0.1) is 6.92 Å². The fourth-order valence-corrected chi connectivity index (χ4v) is 2.67. The molecule has 20 heavy (non-hydrogen) atoms. The van der Waals surface area contributed by atoms with Crippen molar-refractivity contribution in [2.45, 2.75) is 26.3 Å². The molecular formula is C15H19N3OS. The van der Waals surface area contributed by atoms with Crippen molar-refractivity contribution in [2.24, 2.45) is 5.73 Å². The van der Waals surface area contributed by atoms with E-state index in [0.717, 1.165) is 29.1 Å². The highest BCUT2D eigenvalue weighted by Crippen LogP contribution is 2.10. The number of carbonyl (C=O) groups excluding carboxylic acids is 1. The standard InChI is InChI=1S/C15H19N3OS/c1-11-10-20-14(18-11)3-2-8-17-15(19)13-6-4-12(9-16)5-7-13/h4-7,10H,2-3,8-9,16H2,1H3,(H,17,19).